The maximum atomic E-state index is 12.4. The number of anilines is 1. The number of morpholine rings is 1. The Hall–Kier alpha value is -2.70. The standard InChI is InChI=1S/C19H19N3O3/c23-19(15-3-6-18-17(11-15)20-13-25-18)21-16-4-1-14(2-5-16)12-22-7-9-24-10-8-22/h1-6,11,13H,7-10,12H2,(H,21,23). The number of hydrogen-bond acceptors (Lipinski definition) is 5. The minimum Gasteiger partial charge on any atom is -0.443 e. The number of carbonyl (C=O) groups is 1. The molecule has 0 aliphatic carbocycles. The maximum absolute atomic E-state index is 12.4. The summed E-state index contributed by atoms with van der Waals surface area (Å²) in [4.78, 5) is 18.8. The SMILES string of the molecule is O=C(Nc1ccc(CN2CCOCC2)cc1)c1ccc2ocnc2c1. The molecule has 2 heterocycles. The van der Waals surface area contributed by atoms with Gasteiger partial charge in [-0.05, 0) is 35.9 Å². The number of carbonyl (C=O) groups excluding carboxylic acids is 1. The molecule has 3 aromatic rings. The third-order valence-electron chi connectivity index (χ3n) is 4.31. The lowest BCUT2D eigenvalue weighted by molar-refractivity contribution is 0.0342. The van der Waals surface area contributed by atoms with E-state index in [1.165, 1.54) is 12.0 Å². The molecule has 25 heavy (non-hydrogen) atoms. The lowest BCUT2D eigenvalue weighted by Gasteiger charge is -2.26. The Bertz CT molecular complexity index is 867. The van der Waals surface area contributed by atoms with Crippen molar-refractivity contribution < 1.29 is 13.9 Å². The molecule has 0 bridgehead atoms. The van der Waals surface area contributed by atoms with Gasteiger partial charge in [0.05, 0.1) is 13.2 Å². The molecule has 0 saturated carbocycles. The van der Waals surface area contributed by atoms with Crippen molar-refractivity contribution in [1.29, 1.82) is 0 Å². The van der Waals surface area contributed by atoms with E-state index in [1.54, 1.807) is 18.2 Å². The van der Waals surface area contributed by atoms with Crippen LogP contribution >= 0.6 is 0 Å². The molecule has 2 aromatic carbocycles. The zero-order chi connectivity index (χ0) is 17.1. The third-order valence-corrected chi connectivity index (χ3v) is 4.31. The zero-order valence-corrected chi connectivity index (χ0v) is 13.8. The van der Waals surface area contributed by atoms with Gasteiger partial charge < -0.3 is 14.5 Å². The van der Waals surface area contributed by atoms with Crippen LogP contribution in [0.1, 0.15) is 15.9 Å². The van der Waals surface area contributed by atoms with Crippen molar-refractivity contribution in [1.82, 2.24) is 9.88 Å². The summed E-state index contributed by atoms with van der Waals surface area (Å²) < 4.78 is 10.6. The van der Waals surface area contributed by atoms with E-state index in [0.717, 1.165) is 38.5 Å². The lowest BCUT2D eigenvalue weighted by Crippen LogP contribution is -2.35. The topological polar surface area (TPSA) is 67.6 Å². The van der Waals surface area contributed by atoms with Crippen molar-refractivity contribution in [2.75, 3.05) is 31.6 Å². The quantitative estimate of drug-likeness (QED) is 0.793. The van der Waals surface area contributed by atoms with E-state index >= 15 is 0 Å². The number of amides is 1. The molecule has 1 aliphatic rings. The number of fused-ring (bicyclic) bond motifs is 1. The van der Waals surface area contributed by atoms with Crippen LogP contribution in [0.25, 0.3) is 11.1 Å². The van der Waals surface area contributed by atoms with Crippen LogP contribution in [0.5, 0.6) is 0 Å². The highest BCUT2D eigenvalue weighted by Crippen LogP contribution is 2.17. The second kappa shape index (κ2) is 7.04. The smallest absolute Gasteiger partial charge is 0.255 e. The Morgan fingerprint density at radius 3 is 2.72 bits per heavy atom. The Labute approximate surface area is 145 Å². The molecule has 6 nitrogen and oxygen atoms in total. The fraction of sp³-hybridized carbons (Fsp3) is 0.263. The molecule has 6 heteroatoms. The van der Waals surface area contributed by atoms with Gasteiger partial charge in [0.15, 0.2) is 12.0 Å². The summed E-state index contributed by atoms with van der Waals surface area (Å²) >= 11 is 0. The maximum Gasteiger partial charge on any atom is 0.255 e. The van der Waals surface area contributed by atoms with E-state index in [9.17, 15) is 4.79 Å². The number of benzene rings is 2. The summed E-state index contributed by atoms with van der Waals surface area (Å²) in [6.07, 6.45) is 1.37. The van der Waals surface area contributed by atoms with Crippen molar-refractivity contribution in [2.45, 2.75) is 6.54 Å². The van der Waals surface area contributed by atoms with Gasteiger partial charge in [0.25, 0.3) is 5.91 Å². The minimum atomic E-state index is -0.161. The third kappa shape index (κ3) is 3.70. The van der Waals surface area contributed by atoms with Gasteiger partial charge in [-0.2, -0.15) is 0 Å². The van der Waals surface area contributed by atoms with Gasteiger partial charge in [0, 0.05) is 30.9 Å². The van der Waals surface area contributed by atoms with Crippen molar-refractivity contribution in [3.05, 3.63) is 60.0 Å². The summed E-state index contributed by atoms with van der Waals surface area (Å²) in [5, 5.41) is 2.92. The number of rotatable bonds is 4. The summed E-state index contributed by atoms with van der Waals surface area (Å²) in [7, 11) is 0. The van der Waals surface area contributed by atoms with Crippen LogP contribution in [0.4, 0.5) is 5.69 Å². The van der Waals surface area contributed by atoms with Crippen molar-refractivity contribution in [3.8, 4) is 0 Å². The van der Waals surface area contributed by atoms with E-state index in [4.69, 9.17) is 9.15 Å². The van der Waals surface area contributed by atoms with Crippen LogP contribution < -0.4 is 5.32 Å². The number of oxazole rings is 1. The van der Waals surface area contributed by atoms with Gasteiger partial charge in [-0.15, -0.1) is 0 Å². The molecule has 1 aromatic heterocycles. The molecule has 128 valence electrons. The molecular weight excluding hydrogens is 318 g/mol. The lowest BCUT2D eigenvalue weighted by atomic mass is 10.1. The van der Waals surface area contributed by atoms with Crippen molar-refractivity contribution >= 4 is 22.7 Å². The highest BCUT2D eigenvalue weighted by Gasteiger charge is 2.11. The molecule has 1 aliphatic heterocycles. The molecule has 1 N–H and O–H groups in total. The fourth-order valence-electron chi connectivity index (χ4n) is 2.91. The second-order valence-electron chi connectivity index (χ2n) is 6.07. The average Bonchev–Trinajstić information content (AvgIpc) is 3.12. The number of nitrogens with one attached hydrogen (secondary N) is 1. The van der Waals surface area contributed by atoms with Crippen LogP contribution in [-0.2, 0) is 11.3 Å². The summed E-state index contributed by atoms with van der Waals surface area (Å²) in [5.74, 6) is -0.161. The number of ether oxygens (including phenoxy) is 1. The van der Waals surface area contributed by atoms with Crippen LogP contribution in [0.2, 0.25) is 0 Å². The highest BCUT2D eigenvalue weighted by molar-refractivity contribution is 6.05. The van der Waals surface area contributed by atoms with Crippen LogP contribution in [0.15, 0.2) is 53.3 Å². The van der Waals surface area contributed by atoms with Crippen molar-refractivity contribution in [2.24, 2.45) is 0 Å². The normalized spacial score (nSPS) is 15.4. The molecule has 1 amide bonds. The molecule has 0 radical (unpaired) electrons. The molecular formula is C19H19N3O3. The molecule has 0 unspecified atom stereocenters. The molecule has 1 fully saturated rings. The van der Waals surface area contributed by atoms with Crippen molar-refractivity contribution in [3.63, 3.8) is 0 Å². The number of aromatic nitrogens is 1. The average molecular weight is 337 g/mol. The zero-order valence-electron chi connectivity index (χ0n) is 13.8. The minimum absolute atomic E-state index is 0.161. The number of nitrogens with zero attached hydrogens (tertiary/aromatic N) is 2. The van der Waals surface area contributed by atoms with E-state index in [-0.39, 0.29) is 5.91 Å². The Morgan fingerprint density at radius 2 is 1.92 bits per heavy atom. The molecule has 0 atom stereocenters. The Kier molecular flexibility index (Phi) is 4.45. The summed E-state index contributed by atoms with van der Waals surface area (Å²) in [5.41, 5.74) is 3.90. The predicted octanol–water partition coefficient (Wildman–Crippen LogP) is 2.91. The van der Waals surface area contributed by atoms with E-state index < -0.39 is 0 Å². The first-order valence-electron chi connectivity index (χ1n) is 8.31. The van der Waals surface area contributed by atoms with Gasteiger partial charge in [-0.3, -0.25) is 9.69 Å². The van der Waals surface area contributed by atoms with Gasteiger partial charge in [0.1, 0.15) is 5.52 Å². The molecule has 0 spiro atoms. The first kappa shape index (κ1) is 15.8. The first-order valence-corrected chi connectivity index (χ1v) is 8.31. The van der Waals surface area contributed by atoms with E-state index in [0.29, 0.717) is 16.7 Å². The van der Waals surface area contributed by atoms with Crippen LogP contribution in [-0.4, -0.2) is 42.1 Å². The van der Waals surface area contributed by atoms with Gasteiger partial charge >= 0.3 is 0 Å². The summed E-state index contributed by atoms with van der Waals surface area (Å²) in [6, 6.07) is 13.2. The second-order valence-corrected chi connectivity index (χ2v) is 6.07. The monoisotopic (exact) mass is 337 g/mol. The van der Waals surface area contributed by atoms with E-state index in [2.05, 4.69) is 15.2 Å². The Morgan fingerprint density at radius 1 is 1.12 bits per heavy atom. The van der Waals surface area contributed by atoms with Crippen LogP contribution in [0.3, 0.4) is 0 Å². The van der Waals surface area contributed by atoms with Gasteiger partial charge in [-0.25, -0.2) is 4.98 Å². The van der Waals surface area contributed by atoms with Crippen LogP contribution in [0, 0.1) is 0 Å². The molecule has 4 rings (SSSR count). The highest BCUT2D eigenvalue weighted by atomic mass is 16.5. The Balaban J connectivity index is 1.40. The number of hydrogen-bond donors (Lipinski definition) is 1. The predicted molar refractivity (Wildman–Crippen MR) is 94.5 cm³/mol. The van der Waals surface area contributed by atoms with Gasteiger partial charge in [0.2, 0.25) is 0 Å². The summed E-state index contributed by atoms with van der Waals surface area (Å²) in [6.45, 7) is 4.42. The first-order chi connectivity index (χ1) is 12.3. The van der Waals surface area contributed by atoms with E-state index in [1.807, 2.05) is 24.3 Å². The molecule has 1 saturated heterocycles. The van der Waals surface area contributed by atoms with Gasteiger partial charge in [-0.1, -0.05) is 12.1 Å². The fourth-order valence-corrected chi connectivity index (χ4v) is 2.91. The largest absolute Gasteiger partial charge is 0.443 e.